The Morgan fingerprint density at radius 3 is 2.85 bits per heavy atom. The van der Waals surface area contributed by atoms with E-state index < -0.39 is 5.60 Å². The summed E-state index contributed by atoms with van der Waals surface area (Å²) in [4.78, 5) is 14.7. The number of hydrogen-bond donors (Lipinski definition) is 3. The zero-order chi connectivity index (χ0) is 19.5. The molecule has 7 heteroatoms. The van der Waals surface area contributed by atoms with Crippen molar-refractivity contribution >= 4 is 5.91 Å². The number of likely N-dealkylation sites (tertiary alicyclic amines) is 1. The first-order chi connectivity index (χ1) is 12.9. The second-order valence-corrected chi connectivity index (χ2v) is 7.83. The van der Waals surface area contributed by atoms with Gasteiger partial charge in [-0.3, -0.25) is 4.79 Å². The summed E-state index contributed by atoms with van der Waals surface area (Å²) in [6.45, 7) is 4.27. The van der Waals surface area contributed by atoms with Crippen molar-refractivity contribution in [3.8, 4) is 5.75 Å². The maximum Gasteiger partial charge on any atom is 0.253 e. The number of carbonyl (C=O) groups is 1. The highest BCUT2D eigenvalue weighted by molar-refractivity contribution is 5.94. The minimum atomic E-state index is -0.864. The second-order valence-electron chi connectivity index (χ2n) is 7.83. The monoisotopic (exact) mass is 377 g/mol. The van der Waals surface area contributed by atoms with Crippen molar-refractivity contribution in [2.45, 2.75) is 43.4 Å². The number of piperidine rings is 1. The van der Waals surface area contributed by atoms with Crippen LogP contribution in [0.5, 0.6) is 5.75 Å². The summed E-state index contributed by atoms with van der Waals surface area (Å²) in [6, 6.07) is 7.23. The van der Waals surface area contributed by atoms with Crippen LogP contribution in [-0.4, -0.2) is 73.1 Å². The van der Waals surface area contributed by atoms with Gasteiger partial charge in [0, 0.05) is 31.2 Å². The van der Waals surface area contributed by atoms with Gasteiger partial charge in [0.25, 0.3) is 5.91 Å². The molecule has 1 spiro atoms. The SMILES string of the molecule is CN[C@H]1CC2(CCN(C(=O)c3cccc(OCCN)c3)CC2)OC[C@]1(C)O. The number of nitrogens with two attached hydrogens (primary N) is 1. The van der Waals surface area contributed by atoms with Crippen molar-refractivity contribution in [1.29, 1.82) is 0 Å². The lowest BCUT2D eigenvalue weighted by molar-refractivity contribution is -0.189. The van der Waals surface area contributed by atoms with Crippen LogP contribution in [-0.2, 0) is 4.74 Å². The van der Waals surface area contributed by atoms with Gasteiger partial charge in [-0.2, -0.15) is 0 Å². The molecule has 0 bridgehead atoms. The number of rotatable bonds is 5. The molecule has 4 N–H and O–H groups in total. The van der Waals surface area contributed by atoms with Crippen LogP contribution in [0.4, 0.5) is 0 Å². The first-order valence-corrected chi connectivity index (χ1v) is 9.65. The van der Waals surface area contributed by atoms with Gasteiger partial charge in [-0.05, 0) is 51.4 Å². The molecule has 1 amide bonds. The smallest absolute Gasteiger partial charge is 0.253 e. The molecule has 7 nitrogen and oxygen atoms in total. The average molecular weight is 377 g/mol. The molecule has 2 aliphatic heterocycles. The first-order valence-electron chi connectivity index (χ1n) is 9.65. The molecule has 0 unspecified atom stereocenters. The van der Waals surface area contributed by atoms with Gasteiger partial charge in [-0.1, -0.05) is 6.07 Å². The Morgan fingerprint density at radius 2 is 2.19 bits per heavy atom. The van der Waals surface area contributed by atoms with Crippen LogP contribution in [0.2, 0.25) is 0 Å². The number of likely N-dealkylation sites (N-methyl/N-ethyl adjacent to an activating group) is 1. The molecule has 3 rings (SSSR count). The van der Waals surface area contributed by atoms with E-state index in [0.29, 0.717) is 44.2 Å². The molecule has 2 atom stereocenters. The van der Waals surface area contributed by atoms with Crippen molar-refractivity contribution < 1.29 is 19.4 Å². The van der Waals surface area contributed by atoms with E-state index in [9.17, 15) is 9.90 Å². The van der Waals surface area contributed by atoms with E-state index in [4.69, 9.17) is 15.2 Å². The average Bonchev–Trinajstić information content (AvgIpc) is 2.69. The zero-order valence-electron chi connectivity index (χ0n) is 16.2. The fourth-order valence-corrected chi connectivity index (χ4v) is 4.01. The molecule has 0 aromatic heterocycles. The number of ether oxygens (including phenoxy) is 2. The molecule has 2 fully saturated rings. The van der Waals surface area contributed by atoms with Crippen LogP contribution >= 0.6 is 0 Å². The fourth-order valence-electron chi connectivity index (χ4n) is 4.01. The quantitative estimate of drug-likeness (QED) is 0.701. The van der Waals surface area contributed by atoms with Gasteiger partial charge in [0.2, 0.25) is 0 Å². The number of carbonyl (C=O) groups excluding carboxylic acids is 1. The number of amides is 1. The van der Waals surface area contributed by atoms with Gasteiger partial charge in [0.05, 0.1) is 12.2 Å². The molecule has 0 aliphatic carbocycles. The van der Waals surface area contributed by atoms with Crippen LogP contribution in [0, 0.1) is 0 Å². The molecule has 2 heterocycles. The van der Waals surface area contributed by atoms with Crippen LogP contribution in [0.25, 0.3) is 0 Å². The molecule has 2 saturated heterocycles. The predicted molar refractivity (Wildman–Crippen MR) is 103 cm³/mol. The molecule has 1 aromatic rings. The molecule has 27 heavy (non-hydrogen) atoms. The molecule has 0 radical (unpaired) electrons. The standard InChI is InChI=1S/C20H31N3O4/c1-19(25)14-27-20(13-17(19)22-2)6-9-23(10-7-20)18(24)15-4-3-5-16(12-15)26-11-8-21/h3-5,12,17,22,25H,6-11,13-14,21H2,1-2H3/t17-,19-/m0/s1. The lowest BCUT2D eigenvalue weighted by atomic mass is 9.77. The van der Waals surface area contributed by atoms with E-state index >= 15 is 0 Å². The highest BCUT2D eigenvalue weighted by Gasteiger charge is 2.48. The normalized spacial score (nSPS) is 27.6. The molecule has 0 saturated carbocycles. The Hall–Kier alpha value is -1.67. The third-order valence-corrected chi connectivity index (χ3v) is 5.78. The minimum Gasteiger partial charge on any atom is -0.492 e. The summed E-state index contributed by atoms with van der Waals surface area (Å²) in [5.41, 5.74) is 4.96. The number of aliphatic hydroxyl groups is 1. The largest absolute Gasteiger partial charge is 0.492 e. The third kappa shape index (κ3) is 4.43. The summed E-state index contributed by atoms with van der Waals surface area (Å²) in [7, 11) is 1.87. The van der Waals surface area contributed by atoms with Crippen molar-refractivity contribution in [2.75, 3.05) is 39.9 Å². The van der Waals surface area contributed by atoms with E-state index in [1.54, 1.807) is 13.0 Å². The summed E-state index contributed by atoms with van der Waals surface area (Å²) < 4.78 is 11.6. The molecule has 150 valence electrons. The van der Waals surface area contributed by atoms with E-state index in [1.807, 2.05) is 30.1 Å². The Balaban J connectivity index is 1.61. The lowest BCUT2D eigenvalue weighted by Gasteiger charge is -2.50. The first kappa shape index (κ1) is 20.1. The summed E-state index contributed by atoms with van der Waals surface area (Å²) in [6.07, 6.45) is 2.30. The van der Waals surface area contributed by atoms with Crippen LogP contribution in [0.3, 0.4) is 0 Å². The van der Waals surface area contributed by atoms with Gasteiger partial charge in [-0.25, -0.2) is 0 Å². The van der Waals surface area contributed by atoms with Crippen LogP contribution in [0.1, 0.15) is 36.5 Å². The molecule has 2 aliphatic rings. The van der Waals surface area contributed by atoms with Gasteiger partial charge in [0.1, 0.15) is 18.0 Å². The highest BCUT2D eigenvalue weighted by atomic mass is 16.5. The fraction of sp³-hybridized carbons (Fsp3) is 0.650. The van der Waals surface area contributed by atoms with E-state index in [2.05, 4.69) is 5.32 Å². The van der Waals surface area contributed by atoms with Crippen molar-refractivity contribution in [1.82, 2.24) is 10.2 Å². The van der Waals surface area contributed by atoms with Crippen LogP contribution in [0.15, 0.2) is 24.3 Å². The minimum absolute atomic E-state index is 0.00937. The van der Waals surface area contributed by atoms with Gasteiger partial charge < -0.3 is 30.5 Å². The topological polar surface area (TPSA) is 97.1 Å². The summed E-state index contributed by atoms with van der Waals surface area (Å²) in [5, 5.41) is 13.7. The number of nitrogens with zero attached hydrogens (tertiary/aromatic N) is 1. The summed E-state index contributed by atoms with van der Waals surface area (Å²) >= 11 is 0. The maximum atomic E-state index is 12.9. The number of nitrogens with one attached hydrogen (secondary N) is 1. The van der Waals surface area contributed by atoms with Gasteiger partial charge >= 0.3 is 0 Å². The number of hydrogen-bond acceptors (Lipinski definition) is 6. The molecular formula is C20H31N3O4. The zero-order valence-corrected chi connectivity index (χ0v) is 16.2. The van der Waals surface area contributed by atoms with Crippen molar-refractivity contribution in [3.63, 3.8) is 0 Å². The Kier molecular flexibility index (Phi) is 6.05. The Bertz CT molecular complexity index is 656. The van der Waals surface area contributed by atoms with Crippen LogP contribution < -0.4 is 15.8 Å². The second kappa shape index (κ2) is 8.14. The summed E-state index contributed by atoms with van der Waals surface area (Å²) in [5.74, 6) is 0.672. The van der Waals surface area contributed by atoms with E-state index in [0.717, 1.165) is 19.3 Å². The van der Waals surface area contributed by atoms with Gasteiger partial charge in [-0.15, -0.1) is 0 Å². The highest BCUT2D eigenvalue weighted by Crippen LogP contribution is 2.38. The lowest BCUT2D eigenvalue weighted by Crippen LogP contribution is -2.62. The third-order valence-electron chi connectivity index (χ3n) is 5.78. The molecular weight excluding hydrogens is 346 g/mol. The van der Waals surface area contributed by atoms with Crippen molar-refractivity contribution in [3.05, 3.63) is 29.8 Å². The Labute approximate surface area is 160 Å². The van der Waals surface area contributed by atoms with E-state index in [1.165, 1.54) is 0 Å². The Morgan fingerprint density at radius 1 is 1.44 bits per heavy atom. The predicted octanol–water partition coefficient (Wildman–Crippen LogP) is 0.758. The van der Waals surface area contributed by atoms with Crippen molar-refractivity contribution in [2.24, 2.45) is 5.73 Å². The van der Waals surface area contributed by atoms with E-state index in [-0.39, 0.29) is 17.6 Å². The van der Waals surface area contributed by atoms with Gasteiger partial charge in [0.15, 0.2) is 0 Å². The molecule has 1 aromatic carbocycles. The maximum absolute atomic E-state index is 12.9. The number of benzene rings is 1.